The first-order valence-corrected chi connectivity index (χ1v) is 6.50. The average Bonchev–Trinajstić information content (AvgIpc) is 3.04. The number of ether oxygens (including phenoxy) is 1. The molecule has 17 heavy (non-hydrogen) atoms. The SMILES string of the molecule is Fc1ccc2c(c1)CC(CCCNC1CC1)O2. The van der Waals surface area contributed by atoms with E-state index in [1.54, 1.807) is 12.1 Å². The Balaban J connectivity index is 1.44. The van der Waals surface area contributed by atoms with Gasteiger partial charge in [-0.2, -0.15) is 0 Å². The third kappa shape index (κ3) is 2.78. The van der Waals surface area contributed by atoms with Gasteiger partial charge in [0.1, 0.15) is 17.7 Å². The minimum atomic E-state index is -0.164. The van der Waals surface area contributed by atoms with Gasteiger partial charge >= 0.3 is 0 Å². The number of fused-ring (bicyclic) bond motifs is 1. The molecule has 0 spiro atoms. The Morgan fingerprint density at radius 3 is 3.06 bits per heavy atom. The lowest BCUT2D eigenvalue weighted by Gasteiger charge is -2.10. The van der Waals surface area contributed by atoms with Crippen molar-refractivity contribution >= 4 is 0 Å². The molecule has 1 aromatic rings. The second kappa shape index (κ2) is 4.65. The van der Waals surface area contributed by atoms with Crippen LogP contribution in [0.3, 0.4) is 0 Å². The standard InChI is InChI=1S/C14H18FNO/c15-11-3-6-14-10(8-11)9-13(17-14)2-1-7-16-12-4-5-12/h3,6,8,12-13,16H,1-2,4-5,7,9H2. The van der Waals surface area contributed by atoms with Gasteiger partial charge in [-0.15, -0.1) is 0 Å². The van der Waals surface area contributed by atoms with Crippen molar-refractivity contribution < 1.29 is 9.13 Å². The van der Waals surface area contributed by atoms with E-state index in [0.717, 1.165) is 43.2 Å². The van der Waals surface area contributed by atoms with Crippen LogP contribution in [0.4, 0.5) is 4.39 Å². The van der Waals surface area contributed by atoms with Gasteiger partial charge in [0.2, 0.25) is 0 Å². The Hall–Kier alpha value is -1.09. The molecule has 0 aromatic heterocycles. The molecule has 1 aromatic carbocycles. The molecule has 3 rings (SSSR count). The molecule has 92 valence electrons. The fourth-order valence-corrected chi connectivity index (χ4v) is 2.37. The summed E-state index contributed by atoms with van der Waals surface area (Å²) in [6.45, 7) is 1.08. The van der Waals surface area contributed by atoms with Crippen molar-refractivity contribution in [2.75, 3.05) is 6.54 Å². The van der Waals surface area contributed by atoms with Gasteiger partial charge < -0.3 is 10.1 Å². The van der Waals surface area contributed by atoms with Gasteiger partial charge in [0, 0.05) is 18.0 Å². The van der Waals surface area contributed by atoms with E-state index in [-0.39, 0.29) is 11.9 Å². The molecule has 1 unspecified atom stereocenters. The van der Waals surface area contributed by atoms with Crippen LogP contribution in [-0.4, -0.2) is 18.7 Å². The molecule has 1 N–H and O–H groups in total. The first-order chi connectivity index (χ1) is 8.31. The molecule has 1 fully saturated rings. The molecule has 0 saturated heterocycles. The molecule has 1 aliphatic heterocycles. The summed E-state index contributed by atoms with van der Waals surface area (Å²) in [4.78, 5) is 0. The maximum absolute atomic E-state index is 13.0. The number of halogens is 1. The summed E-state index contributed by atoms with van der Waals surface area (Å²) in [5.74, 6) is 0.704. The van der Waals surface area contributed by atoms with Crippen molar-refractivity contribution in [2.24, 2.45) is 0 Å². The fraction of sp³-hybridized carbons (Fsp3) is 0.571. The van der Waals surface area contributed by atoms with E-state index in [9.17, 15) is 4.39 Å². The summed E-state index contributed by atoms with van der Waals surface area (Å²) >= 11 is 0. The van der Waals surface area contributed by atoms with Gasteiger partial charge in [0.25, 0.3) is 0 Å². The Bertz CT molecular complexity index is 403. The van der Waals surface area contributed by atoms with E-state index in [1.807, 2.05) is 0 Å². The van der Waals surface area contributed by atoms with Crippen LogP contribution in [0.25, 0.3) is 0 Å². The van der Waals surface area contributed by atoms with E-state index < -0.39 is 0 Å². The molecule has 2 nitrogen and oxygen atoms in total. The average molecular weight is 235 g/mol. The van der Waals surface area contributed by atoms with E-state index in [4.69, 9.17) is 4.74 Å². The van der Waals surface area contributed by atoms with E-state index in [1.165, 1.54) is 18.9 Å². The quantitative estimate of drug-likeness (QED) is 0.792. The largest absolute Gasteiger partial charge is 0.490 e. The summed E-state index contributed by atoms with van der Waals surface area (Å²) in [7, 11) is 0. The smallest absolute Gasteiger partial charge is 0.123 e. The highest BCUT2D eigenvalue weighted by Crippen LogP contribution is 2.30. The first kappa shape index (κ1) is 11.0. The third-order valence-corrected chi connectivity index (χ3v) is 3.48. The summed E-state index contributed by atoms with van der Waals surface area (Å²) < 4.78 is 18.8. The van der Waals surface area contributed by atoms with Crippen LogP contribution in [0.5, 0.6) is 5.75 Å². The second-order valence-corrected chi connectivity index (χ2v) is 5.07. The molecule has 3 heteroatoms. The van der Waals surface area contributed by atoms with E-state index in [0.29, 0.717) is 0 Å². The van der Waals surface area contributed by atoms with Crippen LogP contribution < -0.4 is 10.1 Å². The molecule has 2 aliphatic rings. The fourth-order valence-electron chi connectivity index (χ4n) is 2.37. The summed E-state index contributed by atoms with van der Waals surface area (Å²) in [5.41, 5.74) is 1.02. The lowest BCUT2D eigenvalue weighted by molar-refractivity contribution is 0.217. The first-order valence-electron chi connectivity index (χ1n) is 6.50. The third-order valence-electron chi connectivity index (χ3n) is 3.48. The summed E-state index contributed by atoms with van der Waals surface area (Å²) in [6.07, 6.45) is 5.97. The topological polar surface area (TPSA) is 21.3 Å². The number of nitrogens with one attached hydrogen (secondary N) is 1. The Labute approximate surface area is 101 Å². The van der Waals surface area contributed by atoms with Crippen molar-refractivity contribution in [3.8, 4) is 5.75 Å². The zero-order valence-electron chi connectivity index (χ0n) is 9.92. The summed E-state index contributed by atoms with van der Waals surface area (Å²) in [5, 5.41) is 3.50. The highest BCUT2D eigenvalue weighted by molar-refractivity contribution is 5.37. The van der Waals surface area contributed by atoms with Crippen molar-refractivity contribution in [1.82, 2.24) is 5.32 Å². The molecule has 0 radical (unpaired) electrons. The predicted molar refractivity (Wildman–Crippen MR) is 64.8 cm³/mol. The van der Waals surface area contributed by atoms with E-state index in [2.05, 4.69) is 5.32 Å². The van der Waals surface area contributed by atoms with Gasteiger partial charge in [0.15, 0.2) is 0 Å². The van der Waals surface area contributed by atoms with Gasteiger partial charge in [-0.05, 0) is 50.4 Å². The summed E-state index contributed by atoms with van der Waals surface area (Å²) in [6, 6.07) is 5.59. The molecule has 1 atom stereocenters. The van der Waals surface area contributed by atoms with Crippen LogP contribution in [0.15, 0.2) is 18.2 Å². The van der Waals surface area contributed by atoms with Crippen LogP contribution in [0.2, 0.25) is 0 Å². The van der Waals surface area contributed by atoms with Gasteiger partial charge in [-0.3, -0.25) is 0 Å². The highest BCUT2D eigenvalue weighted by atomic mass is 19.1. The molecular weight excluding hydrogens is 217 g/mol. The highest BCUT2D eigenvalue weighted by Gasteiger charge is 2.23. The molecule has 0 bridgehead atoms. The van der Waals surface area contributed by atoms with Crippen molar-refractivity contribution in [3.05, 3.63) is 29.6 Å². The molecule has 1 aliphatic carbocycles. The van der Waals surface area contributed by atoms with E-state index >= 15 is 0 Å². The molecule has 1 heterocycles. The van der Waals surface area contributed by atoms with Crippen LogP contribution in [0, 0.1) is 5.82 Å². The lowest BCUT2D eigenvalue weighted by Crippen LogP contribution is -2.20. The predicted octanol–water partition coefficient (Wildman–Crippen LogP) is 2.66. The van der Waals surface area contributed by atoms with Crippen LogP contribution >= 0.6 is 0 Å². The molecule has 1 saturated carbocycles. The number of hydrogen-bond acceptors (Lipinski definition) is 2. The van der Waals surface area contributed by atoms with Gasteiger partial charge in [-0.25, -0.2) is 4.39 Å². The number of benzene rings is 1. The Kier molecular flexibility index (Phi) is 3.02. The normalized spacial score (nSPS) is 22.3. The maximum Gasteiger partial charge on any atom is 0.123 e. The zero-order valence-corrected chi connectivity index (χ0v) is 9.92. The van der Waals surface area contributed by atoms with Crippen LogP contribution in [-0.2, 0) is 6.42 Å². The Morgan fingerprint density at radius 2 is 2.24 bits per heavy atom. The Morgan fingerprint density at radius 1 is 1.35 bits per heavy atom. The zero-order chi connectivity index (χ0) is 11.7. The minimum Gasteiger partial charge on any atom is -0.490 e. The lowest BCUT2D eigenvalue weighted by atomic mass is 10.1. The molecular formula is C14H18FNO. The number of rotatable bonds is 5. The minimum absolute atomic E-state index is 0.164. The second-order valence-electron chi connectivity index (χ2n) is 5.07. The van der Waals surface area contributed by atoms with Crippen LogP contribution in [0.1, 0.15) is 31.2 Å². The molecule has 0 amide bonds. The van der Waals surface area contributed by atoms with Crippen molar-refractivity contribution in [3.63, 3.8) is 0 Å². The van der Waals surface area contributed by atoms with Gasteiger partial charge in [0.05, 0.1) is 0 Å². The van der Waals surface area contributed by atoms with Crippen molar-refractivity contribution in [1.29, 1.82) is 0 Å². The van der Waals surface area contributed by atoms with Gasteiger partial charge in [-0.1, -0.05) is 0 Å². The number of hydrogen-bond donors (Lipinski definition) is 1. The van der Waals surface area contributed by atoms with Crippen molar-refractivity contribution in [2.45, 2.75) is 44.2 Å². The monoisotopic (exact) mass is 235 g/mol. The maximum atomic E-state index is 13.0.